The minimum atomic E-state index is -0.205. The SMILES string of the molecule is C=C/C=C\c1c(C)oc2ccc3c(c12)-c1ccc(-c2cccc(-c4nc(-c5ccccc5)nc(-c5cccc6oc7ccccc7c56)n4)c2)cc1C3(C)C. The molecule has 54 heavy (non-hydrogen) atoms. The number of benzene rings is 6. The smallest absolute Gasteiger partial charge is 0.164 e. The fraction of sp³-hybridized carbons (Fsp3) is 0.0816. The molecule has 1 aliphatic rings. The van der Waals surface area contributed by atoms with E-state index >= 15 is 0 Å². The molecule has 5 nitrogen and oxygen atoms in total. The molecule has 1 aliphatic carbocycles. The Morgan fingerprint density at radius 1 is 0.556 bits per heavy atom. The average Bonchev–Trinajstić information content (AvgIpc) is 3.83. The lowest BCUT2D eigenvalue weighted by atomic mass is 9.81. The minimum absolute atomic E-state index is 0.205. The monoisotopic (exact) mass is 697 g/mol. The zero-order valence-corrected chi connectivity index (χ0v) is 30.2. The van der Waals surface area contributed by atoms with Crippen LogP contribution in [0.4, 0.5) is 0 Å². The summed E-state index contributed by atoms with van der Waals surface area (Å²) in [6, 6.07) is 44.0. The molecule has 0 amide bonds. The van der Waals surface area contributed by atoms with Crippen LogP contribution in [0.25, 0.3) is 95.4 Å². The maximum atomic E-state index is 6.26. The Balaban J connectivity index is 1.11. The van der Waals surface area contributed by atoms with Gasteiger partial charge < -0.3 is 8.83 Å². The van der Waals surface area contributed by atoms with Gasteiger partial charge in [0, 0.05) is 43.8 Å². The first kappa shape index (κ1) is 31.9. The normalized spacial score (nSPS) is 13.2. The largest absolute Gasteiger partial charge is 0.461 e. The van der Waals surface area contributed by atoms with E-state index in [0.29, 0.717) is 17.5 Å². The molecule has 0 radical (unpaired) electrons. The van der Waals surface area contributed by atoms with Gasteiger partial charge in [-0.2, -0.15) is 0 Å². The number of nitrogens with zero attached hydrogens (tertiary/aromatic N) is 3. The summed E-state index contributed by atoms with van der Waals surface area (Å²) in [6.45, 7) is 10.6. The molecule has 0 spiro atoms. The molecule has 0 unspecified atom stereocenters. The first-order valence-electron chi connectivity index (χ1n) is 18.2. The van der Waals surface area contributed by atoms with Gasteiger partial charge in [0.25, 0.3) is 0 Å². The molecule has 9 aromatic rings. The first-order valence-corrected chi connectivity index (χ1v) is 18.2. The topological polar surface area (TPSA) is 65.0 Å². The second kappa shape index (κ2) is 12.1. The lowest BCUT2D eigenvalue weighted by Crippen LogP contribution is -2.15. The van der Waals surface area contributed by atoms with Gasteiger partial charge in [-0.05, 0) is 70.6 Å². The molecule has 0 aliphatic heterocycles. The Kier molecular flexibility index (Phi) is 7.14. The van der Waals surface area contributed by atoms with Gasteiger partial charge in [0.1, 0.15) is 22.5 Å². The van der Waals surface area contributed by atoms with Crippen molar-refractivity contribution in [2.75, 3.05) is 0 Å². The van der Waals surface area contributed by atoms with E-state index in [1.165, 1.54) is 22.3 Å². The van der Waals surface area contributed by atoms with Crippen molar-refractivity contribution in [2.24, 2.45) is 0 Å². The van der Waals surface area contributed by atoms with Crippen LogP contribution in [-0.2, 0) is 5.41 Å². The molecule has 0 atom stereocenters. The van der Waals surface area contributed by atoms with Crippen molar-refractivity contribution < 1.29 is 8.83 Å². The van der Waals surface area contributed by atoms with Crippen molar-refractivity contribution in [3.63, 3.8) is 0 Å². The number of aryl methyl sites for hydroxylation is 1. The molecule has 0 bridgehead atoms. The lowest BCUT2D eigenvalue weighted by Gasteiger charge is -2.22. The van der Waals surface area contributed by atoms with Crippen molar-refractivity contribution >= 4 is 39.0 Å². The van der Waals surface area contributed by atoms with Gasteiger partial charge in [0.05, 0.1) is 0 Å². The standard InChI is InChI=1S/C49H35N3O2/c1-5-6-18-34-29(2)53-42-26-25-38-44(45(34)42)35-24-23-32(28-39(35)49(38,3)4)31-16-12-17-33(27-31)47-50-46(30-14-8-7-9-15-30)51-48(52-47)37-20-13-22-41-43(37)36-19-10-11-21-40(36)54-41/h5-28H,1H2,2-4H3/b18-6-. The second-order valence-corrected chi connectivity index (χ2v) is 14.4. The number of furan rings is 2. The van der Waals surface area contributed by atoms with Crippen LogP contribution in [0.1, 0.15) is 36.3 Å². The molecule has 10 rings (SSSR count). The summed E-state index contributed by atoms with van der Waals surface area (Å²) in [6.07, 6.45) is 5.89. The highest BCUT2D eigenvalue weighted by Gasteiger charge is 2.38. The number of hydrogen-bond donors (Lipinski definition) is 0. The Morgan fingerprint density at radius 2 is 1.24 bits per heavy atom. The maximum absolute atomic E-state index is 6.26. The lowest BCUT2D eigenvalue weighted by molar-refractivity contribution is 0.577. The van der Waals surface area contributed by atoms with Crippen LogP contribution < -0.4 is 0 Å². The number of allylic oxidation sites excluding steroid dienone is 2. The summed E-state index contributed by atoms with van der Waals surface area (Å²) in [5.41, 5.74) is 13.5. The van der Waals surface area contributed by atoms with Gasteiger partial charge >= 0.3 is 0 Å². The van der Waals surface area contributed by atoms with Gasteiger partial charge in [0.15, 0.2) is 17.5 Å². The number of para-hydroxylation sites is 1. The second-order valence-electron chi connectivity index (χ2n) is 14.4. The van der Waals surface area contributed by atoms with Crippen LogP contribution in [-0.4, -0.2) is 15.0 Å². The summed E-state index contributed by atoms with van der Waals surface area (Å²) in [5.74, 6) is 2.73. The van der Waals surface area contributed by atoms with Crippen LogP contribution >= 0.6 is 0 Å². The van der Waals surface area contributed by atoms with Crippen LogP contribution in [0, 0.1) is 6.92 Å². The van der Waals surface area contributed by atoms with Crippen LogP contribution in [0.5, 0.6) is 0 Å². The Morgan fingerprint density at radius 3 is 2.09 bits per heavy atom. The van der Waals surface area contributed by atoms with Gasteiger partial charge in [0.2, 0.25) is 0 Å². The quantitative estimate of drug-likeness (QED) is 0.162. The van der Waals surface area contributed by atoms with E-state index < -0.39 is 0 Å². The van der Waals surface area contributed by atoms with Crippen molar-refractivity contribution in [1.82, 2.24) is 15.0 Å². The minimum Gasteiger partial charge on any atom is -0.461 e. The summed E-state index contributed by atoms with van der Waals surface area (Å²) in [7, 11) is 0. The molecular formula is C49H35N3O2. The third-order valence-corrected chi connectivity index (χ3v) is 10.9. The third-order valence-electron chi connectivity index (χ3n) is 10.9. The van der Waals surface area contributed by atoms with E-state index in [1.54, 1.807) is 0 Å². The van der Waals surface area contributed by atoms with E-state index in [0.717, 1.165) is 72.0 Å². The van der Waals surface area contributed by atoms with Crippen LogP contribution in [0.2, 0.25) is 0 Å². The number of rotatable bonds is 6. The van der Waals surface area contributed by atoms with Gasteiger partial charge in [-0.15, -0.1) is 0 Å². The summed E-state index contributed by atoms with van der Waals surface area (Å²) < 4.78 is 12.5. The highest BCUT2D eigenvalue weighted by Crippen LogP contribution is 2.53. The number of hydrogen-bond acceptors (Lipinski definition) is 5. The highest BCUT2D eigenvalue weighted by molar-refractivity contribution is 6.12. The van der Waals surface area contributed by atoms with Crippen molar-refractivity contribution in [2.45, 2.75) is 26.2 Å². The first-order chi connectivity index (χ1) is 26.4. The predicted octanol–water partition coefficient (Wildman–Crippen LogP) is 13.0. The number of fused-ring (bicyclic) bond motifs is 8. The molecule has 258 valence electrons. The Hall–Kier alpha value is -6.85. The molecule has 0 fully saturated rings. The summed E-state index contributed by atoms with van der Waals surface area (Å²) in [5, 5.41) is 3.18. The summed E-state index contributed by atoms with van der Waals surface area (Å²) in [4.78, 5) is 15.3. The van der Waals surface area contributed by atoms with Gasteiger partial charge in [-0.1, -0.05) is 136 Å². The van der Waals surface area contributed by atoms with E-state index in [9.17, 15) is 0 Å². The van der Waals surface area contributed by atoms with Crippen molar-refractivity contribution in [1.29, 1.82) is 0 Å². The van der Waals surface area contributed by atoms with E-state index in [-0.39, 0.29) is 5.41 Å². The molecule has 0 saturated carbocycles. The van der Waals surface area contributed by atoms with Crippen LogP contribution in [0.3, 0.4) is 0 Å². The summed E-state index contributed by atoms with van der Waals surface area (Å²) >= 11 is 0. The molecule has 3 heterocycles. The van der Waals surface area contributed by atoms with Crippen molar-refractivity contribution in [3.05, 3.63) is 169 Å². The van der Waals surface area contributed by atoms with E-state index in [4.69, 9.17) is 23.8 Å². The zero-order chi connectivity index (χ0) is 36.6. The highest BCUT2D eigenvalue weighted by atomic mass is 16.3. The Bertz CT molecular complexity index is 3000. The predicted molar refractivity (Wildman–Crippen MR) is 220 cm³/mol. The molecule has 0 N–H and O–H groups in total. The fourth-order valence-corrected chi connectivity index (χ4v) is 8.24. The van der Waals surface area contributed by atoms with Gasteiger partial charge in [-0.25, -0.2) is 15.0 Å². The average molecular weight is 698 g/mol. The Labute approximate surface area is 313 Å². The molecule has 5 heteroatoms. The molecule has 6 aromatic carbocycles. The fourth-order valence-electron chi connectivity index (χ4n) is 8.24. The van der Waals surface area contributed by atoms with Crippen molar-refractivity contribution in [3.8, 4) is 56.4 Å². The third kappa shape index (κ3) is 4.89. The maximum Gasteiger partial charge on any atom is 0.164 e. The zero-order valence-electron chi connectivity index (χ0n) is 30.2. The molecule has 0 saturated heterocycles. The molecule has 3 aromatic heterocycles. The number of aromatic nitrogens is 3. The van der Waals surface area contributed by atoms with Gasteiger partial charge in [-0.3, -0.25) is 0 Å². The van der Waals surface area contributed by atoms with Crippen LogP contribution in [0.15, 0.2) is 155 Å². The van der Waals surface area contributed by atoms with E-state index in [2.05, 4.69) is 93.2 Å². The van der Waals surface area contributed by atoms with E-state index in [1.807, 2.05) is 79.7 Å². The molecular weight excluding hydrogens is 663 g/mol.